The molecule has 0 spiro atoms. The summed E-state index contributed by atoms with van der Waals surface area (Å²) in [4.78, 5) is 0. The molecule has 0 aliphatic carbocycles. The van der Waals surface area contributed by atoms with Gasteiger partial charge in [-0.25, -0.2) is 4.39 Å². The van der Waals surface area contributed by atoms with Crippen LogP contribution in [0.25, 0.3) is 0 Å². The van der Waals surface area contributed by atoms with Crippen LogP contribution in [0.15, 0.2) is 12.1 Å². The minimum absolute atomic E-state index is 0.212. The SMILES string of the molecule is CC[Si-](CC)(CCl)COc1c(C)cc(F)cc1I. The molecule has 0 atom stereocenters. The number of rotatable bonds is 6. The second kappa shape index (κ2) is 7.10. The predicted molar refractivity (Wildman–Crippen MR) is 86.8 cm³/mol. The van der Waals surface area contributed by atoms with Crippen LogP contribution in [-0.2, 0) is 0 Å². The lowest BCUT2D eigenvalue weighted by Gasteiger charge is -2.38. The van der Waals surface area contributed by atoms with E-state index in [1.165, 1.54) is 12.1 Å². The van der Waals surface area contributed by atoms with Crippen molar-refractivity contribution in [3.05, 3.63) is 27.1 Å². The van der Waals surface area contributed by atoms with Gasteiger partial charge in [0.15, 0.2) is 0 Å². The van der Waals surface area contributed by atoms with Gasteiger partial charge in [0.25, 0.3) is 0 Å². The molecule has 0 fully saturated rings. The Balaban J connectivity index is 2.86. The lowest BCUT2D eigenvalue weighted by Crippen LogP contribution is -2.43. The van der Waals surface area contributed by atoms with Crippen molar-refractivity contribution in [2.24, 2.45) is 0 Å². The predicted octanol–water partition coefficient (Wildman–Crippen LogP) is 4.92. The first-order valence-corrected chi connectivity index (χ1v) is 10.6. The molecule has 18 heavy (non-hydrogen) atoms. The van der Waals surface area contributed by atoms with Crippen molar-refractivity contribution < 1.29 is 9.13 Å². The van der Waals surface area contributed by atoms with Crippen molar-refractivity contribution in [1.29, 1.82) is 0 Å². The Labute approximate surface area is 128 Å². The molecule has 1 aromatic rings. The maximum atomic E-state index is 13.2. The molecule has 0 radical (unpaired) electrons. The zero-order valence-corrected chi connectivity index (χ0v) is 14.9. The van der Waals surface area contributed by atoms with Gasteiger partial charge in [-0.15, -0.1) is 0 Å². The summed E-state index contributed by atoms with van der Waals surface area (Å²) in [5.41, 5.74) is 1.57. The monoisotopic (exact) mass is 400 g/mol. The van der Waals surface area contributed by atoms with Crippen LogP contribution >= 0.6 is 34.2 Å². The van der Waals surface area contributed by atoms with Crippen LogP contribution in [0.2, 0.25) is 12.1 Å². The Bertz CT molecular complexity index is 379. The van der Waals surface area contributed by atoms with Gasteiger partial charge in [0.2, 0.25) is 0 Å². The van der Waals surface area contributed by atoms with E-state index in [9.17, 15) is 4.39 Å². The number of halogens is 3. The number of hydrogen-bond acceptors (Lipinski definition) is 1. The molecule has 0 bridgehead atoms. The largest absolute Gasteiger partial charge is 0.525 e. The lowest BCUT2D eigenvalue weighted by molar-refractivity contribution is 0.369. The Morgan fingerprint density at radius 1 is 1.33 bits per heavy atom. The minimum Gasteiger partial charge on any atom is -0.525 e. The molecule has 0 saturated heterocycles. The molecule has 0 saturated carbocycles. The second-order valence-electron chi connectivity index (χ2n) is 4.66. The number of ether oxygens (including phenoxy) is 1. The van der Waals surface area contributed by atoms with Crippen molar-refractivity contribution in [3.8, 4) is 5.75 Å². The number of hydrogen-bond donors (Lipinski definition) is 0. The number of alkyl halides is 1. The van der Waals surface area contributed by atoms with E-state index < -0.39 is 8.07 Å². The Morgan fingerprint density at radius 3 is 2.39 bits per heavy atom. The van der Waals surface area contributed by atoms with Crippen LogP contribution in [0.3, 0.4) is 0 Å². The molecule has 0 unspecified atom stereocenters. The molecule has 1 aromatic carbocycles. The molecule has 5 heteroatoms. The molecule has 0 aromatic heterocycles. The summed E-state index contributed by atoms with van der Waals surface area (Å²) in [6.07, 6.45) is 0.714. The smallest absolute Gasteiger partial charge is 0.131 e. The molecule has 0 amide bonds. The van der Waals surface area contributed by atoms with Gasteiger partial charge in [-0.3, -0.25) is 0 Å². The average molecular weight is 401 g/mol. The summed E-state index contributed by atoms with van der Waals surface area (Å²) in [7, 11) is -1.51. The number of aryl methyl sites for hydroxylation is 1. The zero-order chi connectivity index (χ0) is 13.8. The van der Waals surface area contributed by atoms with Gasteiger partial charge in [0.05, 0.1) is 3.57 Å². The Hall–Kier alpha value is 0.187. The number of benzene rings is 1. The first kappa shape index (κ1) is 16.2. The van der Waals surface area contributed by atoms with E-state index in [1.807, 2.05) is 6.92 Å². The first-order valence-electron chi connectivity index (χ1n) is 6.12. The molecule has 0 aliphatic rings. The van der Waals surface area contributed by atoms with Gasteiger partial charge in [0, 0.05) is 0 Å². The van der Waals surface area contributed by atoms with Crippen LogP contribution in [0.1, 0.15) is 19.4 Å². The summed E-state index contributed by atoms with van der Waals surface area (Å²) in [6, 6.07) is 5.25. The quantitative estimate of drug-likeness (QED) is 0.374. The molecule has 1 rings (SSSR count). The standard InChI is InChI=1S/C13H19ClFIOSi/c1-4-18(5-2,8-14)9-17-13-10(3)6-11(15)7-12(13)16/h6-7H,4-5,8-9H2,1-3H3/q-1. The van der Waals surface area contributed by atoms with Crippen LogP contribution in [0.5, 0.6) is 5.75 Å². The maximum absolute atomic E-state index is 13.2. The van der Waals surface area contributed by atoms with Crippen molar-refractivity contribution in [1.82, 2.24) is 0 Å². The highest BCUT2D eigenvalue weighted by molar-refractivity contribution is 14.1. The molecule has 0 aliphatic heterocycles. The molecule has 0 N–H and O–H groups in total. The van der Waals surface area contributed by atoms with E-state index in [0.717, 1.165) is 32.5 Å². The molecular weight excluding hydrogens is 382 g/mol. The van der Waals surface area contributed by atoms with Gasteiger partial charge in [-0.1, -0.05) is 27.4 Å². The van der Waals surface area contributed by atoms with Crippen LogP contribution in [0, 0.1) is 16.3 Å². The Kier molecular flexibility index (Phi) is 6.41. The van der Waals surface area contributed by atoms with E-state index in [-0.39, 0.29) is 5.82 Å². The summed E-state index contributed by atoms with van der Waals surface area (Å²) in [6.45, 7) is 6.25. The van der Waals surface area contributed by atoms with Gasteiger partial charge >= 0.3 is 0 Å². The topological polar surface area (TPSA) is 9.23 Å². The van der Waals surface area contributed by atoms with Crippen molar-refractivity contribution >= 4 is 42.3 Å². The highest BCUT2D eigenvalue weighted by atomic mass is 127. The summed E-state index contributed by atoms with van der Waals surface area (Å²) in [5.74, 6) is 0.594. The van der Waals surface area contributed by atoms with Crippen molar-refractivity contribution in [2.45, 2.75) is 32.9 Å². The highest BCUT2D eigenvalue weighted by Crippen LogP contribution is 2.28. The summed E-state index contributed by atoms with van der Waals surface area (Å²) in [5, 5.41) is 0. The average Bonchev–Trinajstić information content (AvgIpc) is 2.33. The zero-order valence-electron chi connectivity index (χ0n) is 11.0. The minimum atomic E-state index is -1.51. The van der Waals surface area contributed by atoms with E-state index in [0.29, 0.717) is 6.23 Å². The first-order chi connectivity index (χ1) is 8.48. The van der Waals surface area contributed by atoms with E-state index in [1.54, 1.807) is 0 Å². The van der Waals surface area contributed by atoms with Crippen molar-refractivity contribution in [2.75, 3.05) is 11.7 Å². The molecular formula is C13H19ClFIOSi-. The third kappa shape index (κ3) is 3.84. The van der Waals surface area contributed by atoms with Crippen LogP contribution in [0.4, 0.5) is 4.39 Å². The van der Waals surface area contributed by atoms with E-state index in [4.69, 9.17) is 16.3 Å². The van der Waals surface area contributed by atoms with Gasteiger partial charge in [-0.05, 0) is 53.4 Å². The maximum Gasteiger partial charge on any atom is 0.131 e. The molecule has 0 heterocycles. The van der Waals surface area contributed by atoms with Crippen molar-refractivity contribution in [3.63, 3.8) is 0 Å². The summed E-state index contributed by atoms with van der Waals surface area (Å²) < 4.78 is 20.0. The van der Waals surface area contributed by atoms with E-state index >= 15 is 0 Å². The fraction of sp³-hybridized carbons (Fsp3) is 0.538. The molecule has 1 nitrogen and oxygen atoms in total. The normalized spacial score (nSPS) is 11.7. The highest BCUT2D eigenvalue weighted by Gasteiger charge is 2.18. The molecule has 103 valence electrons. The van der Waals surface area contributed by atoms with Crippen LogP contribution < -0.4 is 4.74 Å². The third-order valence-electron chi connectivity index (χ3n) is 3.50. The summed E-state index contributed by atoms with van der Waals surface area (Å²) >= 11 is 8.23. The Morgan fingerprint density at radius 2 is 1.94 bits per heavy atom. The van der Waals surface area contributed by atoms with Gasteiger partial charge in [-0.2, -0.15) is 23.7 Å². The second-order valence-corrected chi connectivity index (χ2v) is 11.6. The third-order valence-corrected chi connectivity index (χ3v) is 10.3. The fourth-order valence-corrected chi connectivity index (χ4v) is 5.84. The lowest BCUT2D eigenvalue weighted by atomic mass is 10.2. The van der Waals surface area contributed by atoms with Crippen LogP contribution in [-0.4, -0.2) is 19.8 Å². The van der Waals surface area contributed by atoms with Gasteiger partial charge < -0.3 is 4.74 Å². The van der Waals surface area contributed by atoms with Gasteiger partial charge in [0.1, 0.15) is 11.6 Å². The van der Waals surface area contributed by atoms with E-state index in [2.05, 4.69) is 36.4 Å². The fourth-order valence-electron chi connectivity index (χ4n) is 1.78.